The van der Waals surface area contributed by atoms with E-state index < -0.39 is 5.40 Å². The van der Waals surface area contributed by atoms with Crippen LogP contribution >= 0.6 is 0 Å². The number of benzene rings is 2. The van der Waals surface area contributed by atoms with Gasteiger partial charge in [0.15, 0.2) is 0 Å². The second-order valence-electron chi connectivity index (χ2n) is 5.30. The van der Waals surface area contributed by atoms with Crippen molar-refractivity contribution < 1.29 is 14.3 Å². The molecule has 0 unspecified atom stereocenters. The molecule has 0 N–H and O–H groups in total. The zero-order valence-electron chi connectivity index (χ0n) is 12.6. The van der Waals surface area contributed by atoms with Gasteiger partial charge in [-0.15, -0.1) is 0 Å². The summed E-state index contributed by atoms with van der Waals surface area (Å²) in [6.45, 7) is 3.98. The Morgan fingerprint density at radius 3 is 2.64 bits per heavy atom. The fourth-order valence-corrected chi connectivity index (χ4v) is 2.75. The Morgan fingerprint density at radius 1 is 1.27 bits per heavy atom. The normalized spacial score (nSPS) is 15.2. The van der Waals surface area contributed by atoms with Crippen LogP contribution in [-0.4, -0.2) is 33.7 Å². The molecule has 0 bridgehead atoms. The summed E-state index contributed by atoms with van der Waals surface area (Å²) in [5, 5.41) is 0.201. The molecule has 0 amide bonds. The Hall–Kier alpha value is -2.16. The summed E-state index contributed by atoms with van der Waals surface area (Å²) in [6, 6.07) is 7.49. The smallest absolute Gasteiger partial charge is 0.339 e. The van der Waals surface area contributed by atoms with Crippen molar-refractivity contribution in [2.45, 2.75) is 19.2 Å². The summed E-state index contributed by atoms with van der Waals surface area (Å²) in [7, 11) is 11.7. The van der Waals surface area contributed by atoms with E-state index in [9.17, 15) is 4.79 Å². The molecular weight excluding hydrogens is 274 g/mol. The third-order valence-electron chi connectivity index (χ3n) is 3.73. The van der Waals surface area contributed by atoms with E-state index in [1.54, 1.807) is 19.1 Å². The zero-order valence-corrected chi connectivity index (χ0v) is 12.6. The maximum absolute atomic E-state index is 12.4. The minimum atomic E-state index is -1.35. The summed E-state index contributed by atoms with van der Waals surface area (Å²) in [5.74, 6) is 0.249. The monoisotopic (exact) mass is 288 g/mol. The Bertz CT molecular complexity index is 794. The van der Waals surface area contributed by atoms with Crippen molar-refractivity contribution in [3.8, 4) is 5.75 Å². The van der Waals surface area contributed by atoms with Crippen molar-refractivity contribution in [1.29, 1.82) is 0 Å². The summed E-state index contributed by atoms with van der Waals surface area (Å²) in [6.07, 6.45) is 3.37. The Balaban J connectivity index is 2.35. The molecule has 0 fully saturated rings. The molecule has 22 heavy (non-hydrogen) atoms. The first-order valence-corrected chi connectivity index (χ1v) is 7.13. The molecule has 0 aliphatic carbocycles. The van der Waals surface area contributed by atoms with E-state index in [-0.39, 0.29) is 5.97 Å². The van der Waals surface area contributed by atoms with Crippen LogP contribution in [0.2, 0.25) is 0 Å². The van der Waals surface area contributed by atoms with E-state index in [2.05, 4.69) is 0 Å². The first-order valence-electron chi connectivity index (χ1n) is 7.13. The van der Waals surface area contributed by atoms with Gasteiger partial charge in [-0.25, -0.2) is 4.79 Å². The van der Waals surface area contributed by atoms with Gasteiger partial charge in [0, 0.05) is 21.7 Å². The van der Waals surface area contributed by atoms with Crippen molar-refractivity contribution in [2.24, 2.45) is 0 Å². The number of rotatable bonds is 2. The van der Waals surface area contributed by atoms with Crippen LogP contribution in [0.25, 0.3) is 16.8 Å². The molecule has 0 saturated carbocycles. The van der Waals surface area contributed by atoms with E-state index in [0.717, 1.165) is 21.9 Å². The van der Waals surface area contributed by atoms with Gasteiger partial charge in [-0.1, -0.05) is 36.4 Å². The van der Waals surface area contributed by atoms with E-state index in [1.807, 2.05) is 31.2 Å². The fraction of sp³-hybridized carbons (Fsp3) is 0.235. The van der Waals surface area contributed by atoms with Gasteiger partial charge < -0.3 is 9.47 Å². The quantitative estimate of drug-likeness (QED) is 0.629. The molecule has 1 heterocycles. The summed E-state index contributed by atoms with van der Waals surface area (Å²) in [5.41, 5.74) is 2.14. The van der Waals surface area contributed by atoms with E-state index in [0.29, 0.717) is 17.9 Å². The average molecular weight is 288 g/mol. The highest BCUT2D eigenvalue weighted by Crippen LogP contribution is 2.40. The topological polar surface area (TPSA) is 35.5 Å². The van der Waals surface area contributed by atoms with Gasteiger partial charge in [0.25, 0.3) is 0 Å². The molecular formula is C17H14B2O3. The third-order valence-corrected chi connectivity index (χ3v) is 3.73. The van der Waals surface area contributed by atoms with E-state index >= 15 is 0 Å². The lowest BCUT2D eigenvalue weighted by molar-refractivity contribution is 0.0528. The minimum Gasteiger partial charge on any atom is -0.502 e. The molecule has 3 rings (SSSR count). The van der Waals surface area contributed by atoms with Gasteiger partial charge in [-0.05, 0) is 19.4 Å². The van der Waals surface area contributed by atoms with E-state index in [1.165, 1.54) is 0 Å². The van der Waals surface area contributed by atoms with Crippen LogP contribution in [0.3, 0.4) is 0 Å². The highest BCUT2D eigenvalue weighted by Gasteiger charge is 2.27. The van der Waals surface area contributed by atoms with Crippen molar-refractivity contribution in [3.63, 3.8) is 0 Å². The van der Waals surface area contributed by atoms with Crippen LogP contribution in [0, 0.1) is 6.92 Å². The number of esters is 1. The van der Waals surface area contributed by atoms with Crippen LogP contribution in [0.4, 0.5) is 0 Å². The predicted octanol–water partition coefficient (Wildman–Crippen LogP) is 2.72. The number of carbonyl (C=O) groups is 1. The predicted molar refractivity (Wildman–Crippen MR) is 88.5 cm³/mol. The molecule has 4 radical (unpaired) electrons. The molecule has 2 aromatic rings. The number of hydrogen-bond acceptors (Lipinski definition) is 3. The maximum Gasteiger partial charge on any atom is 0.339 e. The molecule has 0 spiro atoms. The zero-order chi connectivity index (χ0) is 15.9. The van der Waals surface area contributed by atoms with Crippen LogP contribution in [0.15, 0.2) is 30.3 Å². The Kier molecular flexibility index (Phi) is 3.51. The van der Waals surface area contributed by atoms with E-state index in [4.69, 9.17) is 25.2 Å². The SMILES string of the molecule is [B]C1([B])C=Cc2c(C)c(C(=O)OCC)c3ccccc3c2O1. The molecule has 1 aliphatic rings. The third kappa shape index (κ3) is 2.31. The van der Waals surface area contributed by atoms with Crippen LogP contribution in [0.5, 0.6) is 5.75 Å². The van der Waals surface area contributed by atoms with Crippen LogP contribution in [0.1, 0.15) is 28.4 Å². The molecule has 0 atom stereocenters. The Morgan fingerprint density at radius 2 is 1.95 bits per heavy atom. The molecule has 2 aromatic carbocycles. The lowest BCUT2D eigenvalue weighted by Crippen LogP contribution is -2.36. The average Bonchev–Trinajstić information content (AvgIpc) is 2.47. The molecule has 5 heteroatoms. The Labute approximate surface area is 132 Å². The minimum absolute atomic E-state index is 0.324. The molecule has 3 nitrogen and oxygen atoms in total. The van der Waals surface area contributed by atoms with Gasteiger partial charge in [-0.3, -0.25) is 0 Å². The molecule has 0 saturated heterocycles. The molecule has 1 aliphatic heterocycles. The summed E-state index contributed by atoms with van der Waals surface area (Å²) < 4.78 is 10.9. The van der Waals surface area contributed by atoms with Crippen LogP contribution in [-0.2, 0) is 4.74 Å². The van der Waals surface area contributed by atoms with Gasteiger partial charge in [0.05, 0.1) is 12.2 Å². The van der Waals surface area contributed by atoms with Crippen molar-refractivity contribution in [3.05, 3.63) is 47.0 Å². The summed E-state index contributed by atoms with van der Waals surface area (Å²) >= 11 is 0. The summed E-state index contributed by atoms with van der Waals surface area (Å²) in [4.78, 5) is 12.4. The van der Waals surface area contributed by atoms with Gasteiger partial charge in [0.1, 0.15) is 21.4 Å². The number of ether oxygens (including phenoxy) is 2. The maximum atomic E-state index is 12.4. The fourth-order valence-electron chi connectivity index (χ4n) is 2.75. The first-order chi connectivity index (χ1) is 10.4. The highest BCUT2D eigenvalue weighted by atomic mass is 16.5. The lowest BCUT2D eigenvalue weighted by atomic mass is 9.64. The molecule has 106 valence electrons. The van der Waals surface area contributed by atoms with Gasteiger partial charge >= 0.3 is 5.97 Å². The van der Waals surface area contributed by atoms with Gasteiger partial charge in [-0.2, -0.15) is 0 Å². The first kappa shape index (κ1) is 14.8. The largest absolute Gasteiger partial charge is 0.502 e. The second-order valence-corrected chi connectivity index (χ2v) is 5.30. The lowest BCUT2D eigenvalue weighted by Gasteiger charge is -2.31. The van der Waals surface area contributed by atoms with Gasteiger partial charge in [0.2, 0.25) is 0 Å². The second kappa shape index (κ2) is 5.24. The number of fused-ring (bicyclic) bond motifs is 3. The highest BCUT2D eigenvalue weighted by molar-refractivity contribution is 6.41. The number of carbonyl (C=O) groups excluding carboxylic acids is 1. The number of hydrogen-bond donors (Lipinski definition) is 0. The van der Waals surface area contributed by atoms with Crippen molar-refractivity contribution in [2.75, 3.05) is 6.61 Å². The standard InChI is InChI=1S/C17H14B2O3/c1-3-21-16(20)14-10(2)11-8-9-17(18,19)22-15(11)13-7-5-4-6-12(13)14/h4-9H,3H2,1-2H3. The van der Waals surface area contributed by atoms with Crippen LogP contribution < -0.4 is 4.74 Å². The van der Waals surface area contributed by atoms with Crippen molar-refractivity contribution in [1.82, 2.24) is 0 Å². The van der Waals surface area contributed by atoms with Crippen molar-refractivity contribution >= 4 is 38.5 Å². The molecule has 0 aromatic heterocycles.